The summed E-state index contributed by atoms with van der Waals surface area (Å²) in [6.07, 6.45) is 5.32. The number of nitrogens with two attached hydrogens (primary N) is 1. The Balaban J connectivity index is 3.15. The second kappa shape index (κ2) is 3.97. The largest absolute Gasteiger partial charge is 0.411 e. The van der Waals surface area contributed by atoms with E-state index in [1.165, 1.54) is 0 Å². The molecule has 0 aromatic heterocycles. The van der Waals surface area contributed by atoms with Crippen LogP contribution in [-0.4, -0.2) is 0 Å². The Kier molecular flexibility index (Phi) is 2.94. The second-order valence-corrected chi connectivity index (χ2v) is 3.05. The lowest BCUT2D eigenvalue weighted by molar-refractivity contribution is 0.330. The molecule has 2 heteroatoms. The monoisotopic (exact) mass is 175 g/mol. The first-order chi connectivity index (χ1) is 6.19. The van der Waals surface area contributed by atoms with E-state index in [9.17, 15) is 0 Å². The van der Waals surface area contributed by atoms with Crippen LogP contribution in [0.25, 0.3) is 0 Å². The van der Waals surface area contributed by atoms with E-state index >= 15 is 0 Å². The molecule has 0 aliphatic rings. The van der Waals surface area contributed by atoms with Crippen molar-refractivity contribution < 1.29 is 4.84 Å². The Morgan fingerprint density at radius 3 is 2.77 bits per heavy atom. The summed E-state index contributed by atoms with van der Waals surface area (Å²) in [5, 5.41) is 0. The fourth-order valence-electron chi connectivity index (χ4n) is 1.19. The summed E-state index contributed by atoms with van der Waals surface area (Å²) in [5.74, 6) is 8.47. The molecule has 2 nitrogen and oxygen atoms in total. The summed E-state index contributed by atoms with van der Waals surface area (Å²) in [6, 6.07) is 5.82. The van der Waals surface area contributed by atoms with Crippen LogP contribution in [0.2, 0.25) is 0 Å². The highest BCUT2D eigenvalue weighted by molar-refractivity contribution is 5.41. The van der Waals surface area contributed by atoms with Crippen LogP contribution in [0.3, 0.4) is 0 Å². The molecule has 1 atom stereocenters. The van der Waals surface area contributed by atoms with Crippen molar-refractivity contribution in [1.82, 2.24) is 0 Å². The zero-order chi connectivity index (χ0) is 9.84. The molecule has 1 rings (SSSR count). The molecule has 0 fully saturated rings. The van der Waals surface area contributed by atoms with Crippen molar-refractivity contribution >= 4 is 0 Å². The maximum atomic E-state index is 5.32. The molecule has 0 aliphatic heterocycles. The lowest BCUT2D eigenvalue weighted by atomic mass is 10.00. The Morgan fingerprint density at radius 2 is 2.23 bits per heavy atom. The Morgan fingerprint density at radius 1 is 1.54 bits per heavy atom. The first-order valence-corrected chi connectivity index (χ1v) is 4.12. The van der Waals surface area contributed by atoms with Crippen LogP contribution in [0.4, 0.5) is 0 Å². The number of benzene rings is 1. The third kappa shape index (κ3) is 2.01. The van der Waals surface area contributed by atoms with E-state index < -0.39 is 0 Å². The van der Waals surface area contributed by atoms with Crippen LogP contribution in [0.1, 0.15) is 24.0 Å². The van der Waals surface area contributed by atoms with Gasteiger partial charge < -0.3 is 4.84 Å². The minimum atomic E-state index is 0.0270. The molecule has 0 heterocycles. The first-order valence-electron chi connectivity index (χ1n) is 4.12. The van der Waals surface area contributed by atoms with Crippen LogP contribution in [0.5, 0.6) is 5.75 Å². The summed E-state index contributed by atoms with van der Waals surface area (Å²) in [7, 11) is 0. The van der Waals surface area contributed by atoms with Crippen LogP contribution in [0.15, 0.2) is 18.2 Å². The molecule has 0 saturated carbocycles. The summed E-state index contributed by atoms with van der Waals surface area (Å²) in [4.78, 5) is 4.75. The van der Waals surface area contributed by atoms with E-state index in [0.717, 1.165) is 11.1 Å². The molecule has 0 spiro atoms. The van der Waals surface area contributed by atoms with Gasteiger partial charge in [-0.3, -0.25) is 0 Å². The molecule has 1 unspecified atom stereocenters. The first kappa shape index (κ1) is 9.63. The quantitative estimate of drug-likeness (QED) is 0.551. The third-order valence-electron chi connectivity index (χ3n) is 2.01. The molecule has 0 bridgehead atoms. The Labute approximate surface area is 78.7 Å². The number of hydrogen-bond donors (Lipinski definition) is 1. The predicted molar refractivity (Wildman–Crippen MR) is 53.2 cm³/mol. The number of hydrogen-bond acceptors (Lipinski definition) is 2. The molecule has 0 amide bonds. The zero-order valence-electron chi connectivity index (χ0n) is 7.87. The van der Waals surface area contributed by atoms with E-state index in [1.54, 1.807) is 0 Å². The van der Waals surface area contributed by atoms with Crippen molar-refractivity contribution in [1.29, 1.82) is 0 Å². The highest BCUT2D eigenvalue weighted by Crippen LogP contribution is 2.26. The van der Waals surface area contributed by atoms with Crippen molar-refractivity contribution in [3.05, 3.63) is 29.3 Å². The summed E-state index contributed by atoms with van der Waals surface area (Å²) in [5.41, 5.74) is 2.06. The van der Waals surface area contributed by atoms with Crippen molar-refractivity contribution in [2.24, 2.45) is 5.90 Å². The highest BCUT2D eigenvalue weighted by Gasteiger charge is 2.08. The SMILES string of the molecule is C#CC(C)c1ccc(C)cc1ON. The van der Waals surface area contributed by atoms with Crippen LogP contribution in [-0.2, 0) is 0 Å². The van der Waals surface area contributed by atoms with Gasteiger partial charge in [-0.15, -0.1) is 6.42 Å². The Hall–Kier alpha value is -1.46. The van der Waals surface area contributed by atoms with Gasteiger partial charge in [0.15, 0.2) is 5.75 Å². The van der Waals surface area contributed by atoms with Gasteiger partial charge in [-0.25, -0.2) is 0 Å². The van der Waals surface area contributed by atoms with Crippen molar-refractivity contribution in [2.45, 2.75) is 19.8 Å². The van der Waals surface area contributed by atoms with E-state index in [4.69, 9.17) is 17.2 Å². The van der Waals surface area contributed by atoms with E-state index in [1.807, 2.05) is 32.0 Å². The van der Waals surface area contributed by atoms with Crippen LogP contribution >= 0.6 is 0 Å². The normalized spacial score (nSPS) is 11.8. The standard InChI is InChI=1S/C11H13NO/c1-4-9(3)10-6-5-8(2)7-11(10)13-12/h1,5-7,9H,12H2,2-3H3. The van der Waals surface area contributed by atoms with Gasteiger partial charge in [-0.2, -0.15) is 5.90 Å². The van der Waals surface area contributed by atoms with E-state index in [2.05, 4.69) is 5.92 Å². The van der Waals surface area contributed by atoms with Gasteiger partial charge in [-0.05, 0) is 25.5 Å². The van der Waals surface area contributed by atoms with Gasteiger partial charge in [-0.1, -0.05) is 18.1 Å². The maximum Gasteiger partial charge on any atom is 0.151 e. The maximum absolute atomic E-state index is 5.32. The average molecular weight is 175 g/mol. The molecule has 68 valence electrons. The fraction of sp³-hybridized carbons (Fsp3) is 0.273. The predicted octanol–water partition coefficient (Wildman–Crippen LogP) is 1.98. The molecule has 0 aliphatic carbocycles. The second-order valence-electron chi connectivity index (χ2n) is 3.05. The molecule has 1 aromatic rings. The summed E-state index contributed by atoms with van der Waals surface area (Å²) >= 11 is 0. The smallest absolute Gasteiger partial charge is 0.151 e. The highest BCUT2D eigenvalue weighted by atomic mass is 16.6. The lowest BCUT2D eigenvalue weighted by Gasteiger charge is -2.10. The van der Waals surface area contributed by atoms with Crippen molar-refractivity contribution in [3.8, 4) is 18.1 Å². The van der Waals surface area contributed by atoms with Gasteiger partial charge in [0.1, 0.15) is 0 Å². The fourth-order valence-corrected chi connectivity index (χ4v) is 1.19. The topological polar surface area (TPSA) is 35.2 Å². The van der Waals surface area contributed by atoms with Crippen molar-refractivity contribution in [3.63, 3.8) is 0 Å². The van der Waals surface area contributed by atoms with E-state index in [-0.39, 0.29) is 5.92 Å². The van der Waals surface area contributed by atoms with Crippen LogP contribution < -0.4 is 10.7 Å². The molecule has 2 N–H and O–H groups in total. The summed E-state index contributed by atoms with van der Waals surface area (Å²) in [6.45, 7) is 3.92. The number of rotatable bonds is 2. The molecule has 0 radical (unpaired) electrons. The minimum Gasteiger partial charge on any atom is -0.411 e. The van der Waals surface area contributed by atoms with E-state index in [0.29, 0.717) is 5.75 Å². The lowest BCUT2D eigenvalue weighted by Crippen LogP contribution is -2.06. The number of aryl methyl sites for hydroxylation is 1. The molecule has 1 aromatic carbocycles. The third-order valence-corrected chi connectivity index (χ3v) is 2.01. The molecular formula is C11H13NO. The molecule has 13 heavy (non-hydrogen) atoms. The van der Waals surface area contributed by atoms with Gasteiger partial charge in [0, 0.05) is 11.5 Å². The number of terminal acetylenes is 1. The zero-order valence-corrected chi connectivity index (χ0v) is 7.87. The van der Waals surface area contributed by atoms with Crippen LogP contribution in [0, 0.1) is 19.3 Å². The average Bonchev–Trinajstić information content (AvgIpc) is 2.16. The Bertz CT molecular complexity index is 338. The van der Waals surface area contributed by atoms with Gasteiger partial charge >= 0.3 is 0 Å². The summed E-state index contributed by atoms with van der Waals surface area (Å²) < 4.78 is 0. The van der Waals surface area contributed by atoms with Gasteiger partial charge in [0.2, 0.25) is 0 Å². The van der Waals surface area contributed by atoms with Gasteiger partial charge in [0.25, 0.3) is 0 Å². The molecular weight excluding hydrogens is 162 g/mol. The van der Waals surface area contributed by atoms with Crippen molar-refractivity contribution in [2.75, 3.05) is 0 Å². The molecule has 0 saturated heterocycles. The minimum absolute atomic E-state index is 0.0270. The van der Waals surface area contributed by atoms with Gasteiger partial charge in [0.05, 0.1) is 0 Å².